The second-order valence-corrected chi connectivity index (χ2v) is 4.26. The highest BCUT2D eigenvalue weighted by Crippen LogP contribution is 2.41. The Morgan fingerprint density at radius 2 is 2.07 bits per heavy atom. The fourth-order valence-electron chi connectivity index (χ4n) is 2.64. The Kier molecular flexibility index (Phi) is 1.63. The zero-order chi connectivity index (χ0) is 9.54. The third-order valence-electron chi connectivity index (χ3n) is 3.41. The Morgan fingerprint density at radius 3 is 3.00 bits per heavy atom. The molecule has 2 aliphatic carbocycles. The number of benzene rings is 1. The highest BCUT2D eigenvalue weighted by atomic mass is 14.3. The molecule has 1 aromatic rings. The first kappa shape index (κ1) is 8.05. The molecule has 0 saturated carbocycles. The van der Waals surface area contributed by atoms with Crippen LogP contribution in [-0.2, 0) is 6.42 Å². The minimum absolute atomic E-state index is 0.645. The highest BCUT2D eigenvalue weighted by molar-refractivity contribution is 5.78. The Balaban J connectivity index is 2.13. The van der Waals surface area contributed by atoms with Gasteiger partial charge in [0.2, 0.25) is 0 Å². The Labute approximate surface area is 85.0 Å². The van der Waals surface area contributed by atoms with Gasteiger partial charge in [-0.25, -0.2) is 0 Å². The first-order valence-electron chi connectivity index (χ1n) is 5.33. The second kappa shape index (κ2) is 2.84. The van der Waals surface area contributed by atoms with Crippen molar-refractivity contribution < 1.29 is 0 Å². The smallest absolute Gasteiger partial charge is 0.00420 e. The van der Waals surface area contributed by atoms with Gasteiger partial charge in [0.25, 0.3) is 0 Å². The maximum atomic E-state index is 2.34. The molecule has 2 aliphatic rings. The van der Waals surface area contributed by atoms with Gasteiger partial charge >= 0.3 is 0 Å². The van der Waals surface area contributed by atoms with Crippen LogP contribution in [0.4, 0.5) is 0 Å². The molecule has 0 saturated heterocycles. The third-order valence-corrected chi connectivity index (χ3v) is 3.41. The zero-order valence-corrected chi connectivity index (χ0v) is 8.46. The van der Waals surface area contributed by atoms with Crippen LogP contribution in [0.3, 0.4) is 0 Å². The van der Waals surface area contributed by atoms with Crippen molar-refractivity contribution in [3.63, 3.8) is 0 Å². The zero-order valence-electron chi connectivity index (χ0n) is 8.46. The van der Waals surface area contributed by atoms with Gasteiger partial charge in [0, 0.05) is 0 Å². The normalized spacial score (nSPS) is 23.6. The molecule has 0 nitrogen and oxygen atoms in total. The lowest BCUT2D eigenvalue weighted by Gasteiger charge is -2.15. The molecule has 0 radical (unpaired) electrons. The van der Waals surface area contributed by atoms with E-state index in [0.29, 0.717) is 5.92 Å². The summed E-state index contributed by atoms with van der Waals surface area (Å²) in [6.07, 6.45) is 6.96. The number of hydrogen-bond donors (Lipinski definition) is 0. The van der Waals surface area contributed by atoms with Crippen LogP contribution >= 0.6 is 0 Å². The van der Waals surface area contributed by atoms with Gasteiger partial charge in [0.15, 0.2) is 0 Å². The van der Waals surface area contributed by atoms with Crippen LogP contribution in [0.15, 0.2) is 42.0 Å². The van der Waals surface area contributed by atoms with Gasteiger partial charge in [-0.15, -0.1) is 0 Å². The fraction of sp³-hybridized carbons (Fsp3) is 0.286. The summed E-state index contributed by atoms with van der Waals surface area (Å²) in [5.41, 5.74) is 6.26. The average molecular weight is 182 g/mol. The van der Waals surface area contributed by atoms with E-state index in [2.05, 4.69) is 43.3 Å². The van der Waals surface area contributed by atoms with Crippen molar-refractivity contribution in [3.05, 3.63) is 53.1 Å². The molecule has 0 bridgehead atoms. The van der Waals surface area contributed by atoms with Crippen LogP contribution in [0.1, 0.15) is 24.5 Å². The van der Waals surface area contributed by atoms with Gasteiger partial charge in [-0.05, 0) is 35.5 Å². The van der Waals surface area contributed by atoms with Gasteiger partial charge in [0.1, 0.15) is 0 Å². The van der Waals surface area contributed by atoms with E-state index in [9.17, 15) is 0 Å². The third kappa shape index (κ3) is 1.00. The number of hydrogen-bond acceptors (Lipinski definition) is 0. The topological polar surface area (TPSA) is 0 Å². The van der Waals surface area contributed by atoms with Crippen molar-refractivity contribution in [2.75, 3.05) is 0 Å². The van der Waals surface area contributed by atoms with Gasteiger partial charge < -0.3 is 0 Å². The van der Waals surface area contributed by atoms with Gasteiger partial charge in [0.05, 0.1) is 0 Å². The Bertz CT molecular complexity index is 435. The van der Waals surface area contributed by atoms with Crippen molar-refractivity contribution in [3.8, 4) is 0 Å². The molecule has 0 aliphatic heterocycles. The molecule has 0 spiro atoms. The molecule has 3 rings (SSSR count). The van der Waals surface area contributed by atoms with E-state index in [1.54, 1.807) is 11.1 Å². The first-order valence-corrected chi connectivity index (χ1v) is 5.33. The molecular weight excluding hydrogens is 168 g/mol. The average Bonchev–Trinajstić information content (AvgIpc) is 2.59. The lowest BCUT2D eigenvalue weighted by atomic mass is 9.89. The van der Waals surface area contributed by atoms with E-state index in [1.165, 1.54) is 17.5 Å². The fourth-order valence-corrected chi connectivity index (χ4v) is 2.64. The molecule has 0 amide bonds. The summed E-state index contributed by atoms with van der Waals surface area (Å²) in [5, 5.41) is 0. The highest BCUT2D eigenvalue weighted by Gasteiger charge is 2.24. The van der Waals surface area contributed by atoms with Crippen LogP contribution < -0.4 is 0 Å². The molecule has 0 fully saturated rings. The first-order chi connectivity index (χ1) is 6.86. The van der Waals surface area contributed by atoms with Crippen molar-refractivity contribution in [1.29, 1.82) is 0 Å². The molecule has 14 heavy (non-hydrogen) atoms. The standard InChI is InChI=1S/C14H14/c1-10-5-4-8-13-12-7-3-2-6-11(12)9-14(10)13/h2-7,10H,8-9H2,1H3/t10-/m0/s1. The van der Waals surface area contributed by atoms with E-state index >= 15 is 0 Å². The lowest BCUT2D eigenvalue weighted by Crippen LogP contribution is -2.00. The number of rotatable bonds is 0. The molecule has 1 atom stereocenters. The van der Waals surface area contributed by atoms with Crippen LogP contribution in [0.2, 0.25) is 0 Å². The molecule has 1 aromatic carbocycles. The molecule has 0 heteroatoms. The summed E-state index contributed by atoms with van der Waals surface area (Å²) >= 11 is 0. The maximum absolute atomic E-state index is 2.34. The summed E-state index contributed by atoms with van der Waals surface area (Å²) in [6, 6.07) is 8.83. The van der Waals surface area contributed by atoms with E-state index < -0.39 is 0 Å². The number of allylic oxidation sites excluding steroid dienone is 4. The minimum atomic E-state index is 0.645. The summed E-state index contributed by atoms with van der Waals surface area (Å²) in [6.45, 7) is 2.30. The van der Waals surface area contributed by atoms with E-state index in [4.69, 9.17) is 0 Å². The van der Waals surface area contributed by atoms with E-state index in [-0.39, 0.29) is 0 Å². The number of fused-ring (bicyclic) bond motifs is 2. The van der Waals surface area contributed by atoms with Gasteiger partial charge in [-0.1, -0.05) is 48.9 Å². The van der Waals surface area contributed by atoms with Crippen molar-refractivity contribution in [2.45, 2.75) is 19.8 Å². The largest absolute Gasteiger partial charge is 0.0835 e. The summed E-state index contributed by atoms with van der Waals surface area (Å²) in [4.78, 5) is 0. The Morgan fingerprint density at radius 1 is 1.21 bits per heavy atom. The molecule has 0 aromatic heterocycles. The summed E-state index contributed by atoms with van der Waals surface area (Å²) in [7, 11) is 0. The maximum Gasteiger partial charge on any atom is -0.00420 e. The molecule has 0 heterocycles. The molecule has 0 unspecified atom stereocenters. The van der Waals surface area contributed by atoms with Gasteiger partial charge in [-0.3, -0.25) is 0 Å². The van der Waals surface area contributed by atoms with Crippen LogP contribution in [-0.4, -0.2) is 0 Å². The molecular formula is C14H14. The predicted molar refractivity (Wildman–Crippen MR) is 60.0 cm³/mol. The molecule has 70 valence electrons. The minimum Gasteiger partial charge on any atom is -0.0835 e. The summed E-state index contributed by atoms with van der Waals surface area (Å²) in [5.74, 6) is 0.645. The second-order valence-electron chi connectivity index (χ2n) is 4.26. The van der Waals surface area contributed by atoms with E-state index in [1.807, 2.05) is 0 Å². The summed E-state index contributed by atoms with van der Waals surface area (Å²) < 4.78 is 0. The van der Waals surface area contributed by atoms with Crippen LogP contribution in [0.5, 0.6) is 0 Å². The quantitative estimate of drug-likeness (QED) is 0.538. The van der Waals surface area contributed by atoms with Crippen molar-refractivity contribution in [2.24, 2.45) is 5.92 Å². The molecule has 0 N–H and O–H groups in total. The Hall–Kier alpha value is -1.30. The SMILES string of the molecule is C[C@H]1C=CCC2=C1Cc1ccccc12. The van der Waals surface area contributed by atoms with Crippen molar-refractivity contribution >= 4 is 5.57 Å². The van der Waals surface area contributed by atoms with E-state index in [0.717, 1.165) is 6.42 Å². The lowest BCUT2D eigenvalue weighted by molar-refractivity contribution is 0.820. The van der Waals surface area contributed by atoms with Gasteiger partial charge in [-0.2, -0.15) is 0 Å². The van der Waals surface area contributed by atoms with Crippen molar-refractivity contribution in [1.82, 2.24) is 0 Å². The van der Waals surface area contributed by atoms with Crippen LogP contribution in [0.25, 0.3) is 5.57 Å². The predicted octanol–water partition coefficient (Wildman–Crippen LogP) is 3.59. The van der Waals surface area contributed by atoms with Crippen LogP contribution in [0, 0.1) is 5.92 Å². The monoisotopic (exact) mass is 182 g/mol.